The van der Waals surface area contributed by atoms with E-state index in [1.165, 1.54) is 18.2 Å². The number of nitrogens with one attached hydrogen (secondary N) is 1. The van der Waals surface area contributed by atoms with Crippen LogP contribution in [-0.4, -0.2) is 19.2 Å². The van der Waals surface area contributed by atoms with Crippen LogP contribution in [0.3, 0.4) is 0 Å². The van der Waals surface area contributed by atoms with Crippen LogP contribution in [-0.2, 0) is 10.0 Å². The zero-order chi connectivity index (χ0) is 20.1. The Kier molecular flexibility index (Phi) is 5.51. The SMILES string of the molecule is Cc1ccc(/C(=N\S(=O)(=O)c2cccc([N+](=O)[O-])c2)Nc2ccccc2)cc1. The molecule has 0 saturated carbocycles. The van der Waals surface area contributed by atoms with E-state index in [2.05, 4.69) is 9.71 Å². The van der Waals surface area contributed by atoms with Crippen molar-refractivity contribution in [3.8, 4) is 0 Å². The molecule has 28 heavy (non-hydrogen) atoms. The van der Waals surface area contributed by atoms with Crippen molar-refractivity contribution in [1.29, 1.82) is 0 Å². The monoisotopic (exact) mass is 395 g/mol. The maximum atomic E-state index is 12.8. The second-order valence-electron chi connectivity index (χ2n) is 6.03. The minimum Gasteiger partial charge on any atom is -0.339 e. The van der Waals surface area contributed by atoms with Crippen LogP contribution >= 0.6 is 0 Å². The van der Waals surface area contributed by atoms with E-state index in [1.54, 1.807) is 24.3 Å². The molecule has 0 fully saturated rings. The number of hydrogen-bond acceptors (Lipinski definition) is 4. The molecular formula is C20H17N3O4S. The van der Waals surface area contributed by atoms with Gasteiger partial charge in [0.15, 0.2) is 5.84 Å². The largest absolute Gasteiger partial charge is 0.339 e. The third kappa shape index (κ3) is 4.60. The minimum atomic E-state index is -4.17. The summed E-state index contributed by atoms with van der Waals surface area (Å²) in [6.45, 7) is 1.92. The number of para-hydroxylation sites is 1. The normalized spacial score (nSPS) is 11.8. The molecule has 0 bridgehead atoms. The standard InChI is InChI=1S/C20H17N3O4S/c1-15-10-12-16(13-11-15)20(21-17-6-3-2-4-7-17)22-28(26,27)19-9-5-8-18(14-19)23(24)25/h2-14H,1H3,(H,21,22). The lowest BCUT2D eigenvalue weighted by Gasteiger charge is -2.11. The Balaban J connectivity index is 2.07. The second kappa shape index (κ2) is 8.01. The van der Waals surface area contributed by atoms with Crippen molar-refractivity contribution in [3.05, 3.63) is 100 Å². The van der Waals surface area contributed by atoms with Gasteiger partial charge in [0.2, 0.25) is 0 Å². The number of aryl methyl sites for hydroxylation is 1. The summed E-state index contributed by atoms with van der Waals surface area (Å²) in [5.41, 5.74) is 1.94. The van der Waals surface area contributed by atoms with Crippen molar-refractivity contribution < 1.29 is 13.3 Å². The van der Waals surface area contributed by atoms with Crippen molar-refractivity contribution in [2.24, 2.45) is 4.40 Å². The van der Waals surface area contributed by atoms with E-state index < -0.39 is 14.9 Å². The molecule has 0 aliphatic rings. The Hall–Kier alpha value is -3.52. The Morgan fingerprint density at radius 2 is 1.64 bits per heavy atom. The third-order valence-electron chi connectivity index (χ3n) is 3.90. The van der Waals surface area contributed by atoms with Gasteiger partial charge in [0, 0.05) is 23.4 Å². The van der Waals surface area contributed by atoms with Crippen LogP contribution < -0.4 is 5.32 Å². The quantitative estimate of drug-likeness (QED) is 0.303. The van der Waals surface area contributed by atoms with Gasteiger partial charge in [0.05, 0.1) is 9.82 Å². The fourth-order valence-electron chi connectivity index (χ4n) is 2.45. The minimum absolute atomic E-state index is 0.123. The van der Waals surface area contributed by atoms with Gasteiger partial charge in [0.1, 0.15) is 0 Å². The molecule has 1 N–H and O–H groups in total. The van der Waals surface area contributed by atoms with Gasteiger partial charge < -0.3 is 5.32 Å². The van der Waals surface area contributed by atoms with Crippen LogP contribution in [0.25, 0.3) is 0 Å². The number of benzene rings is 3. The molecule has 0 heterocycles. The first-order valence-electron chi connectivity index (χ1n) is 8.34. The maximum Gasteiger partial charge on any atom is 0.284 e. The highest BCUT2D eigenvalue weighted by atomic mass is 32.2. The number of non-ortho nitro benzene ring substituents is 1. The van der Waals surface area contributed by atoms with E-state index in [4.69, 9.17) is 0 Å². The Bertz CT molecular complexity index is 1130. The lowest BCUT2D eigenvalue weighted by atomic mass is 10.1. The van der Waals surface area contributed by atoms with Gasteiger partial charge in [0.25, 0.3) is 15.7 Å². The molecule has 3 aromatic rings. The molecule has 142 valence electrons. The molecule has 7 nitrogen and oxygen atoms in total. The van der Waals surface area contributed by atoms with Crippen LogP contribution in [0.1, 0.15) is 11.1 Å². The summed E-state index contributed by atoms with van der Waals surface area (Å²) in [4.78, 5) is 10.1. The molecule has 3 rings (SSSR count). The first-order valence-corrected chi connectivity index (χ1v) is 9.78. The smallest absolute Gasteiger partial charge is 0.284 e. The predicted octanol–water partition coefficient (Wildman–Crippen LogP) is 4.15. The van der Waals surface area contributed by atoms with Crippen molar-refractivity contribution in [1.82, 2.24) is 0 Å². The number of nitro groups is 1. The van der Waals surface area contributed by atoms with Crippen LogP contribution in [0.4, 0.5) is 11.4 Å². The molecule has 8 heteroatoms. The fourth-order valence-corrected chi connectivity index (χ4v) is 3.46. The van der Waals surface area contributed by atoms with Crippen LogP contribution in [0.2, 0.25) is 0 Å². The maximum absolute atomic E-state index is 12.8. The summed E-state index contributed by atoms with van der Waals surface area (Å²) in [6, 6.07) is 21.0. The van der Waals surface area contributed by atoms with E-state index >= 15 is 0 Å². The molecule has 0 aliphatic carbocycles. The van der Waals surface area contributed by atoms with Crippen molar-refractivity contribution >= 4 is 27.2 Å². The highest BCUT2D eigenvalue weighted by molar-refractivity contribution is 7.90. The van der Waals surface area contributed by atoms with E-state index in [1.807, 2.05) is 37.3 Å². The predicted molar refractivity (Wildman–Crippen MR) is 108 cm³/mol. The van der Waals surface area contributed by atoms with Gasteiger partial charge in [-0.05, 0) is 25.1 Å². The summed E-state index contributed by atoms with van der Waals surface area (Å²) in [7, 11) is -4.17. The first-order chi connectivity index (χ1) is 13.3. The van der Waals surface area contributed by atoms with Gasteiger partial charge in [-0.25, -0.2) is 0 Å². The summed E-state index contributed by atoms with van der Waals surface area (Å²) in [5.74, 6) is 0.123. The van der Waals surface area contributed by atoms with Crippen LogP contribution in [0.5, 0.6) is 0 Å². The van der Waals surface area contributed by atoms with E-state index in [-0.39, 0.29) is 16.4 Å². The number of rotatable bonds is 5. The van der Waals surface area contributed by atoms with Crippen molar-refractivity contribution in [3.63, 3.8) is 0 Å². The number of hydrogen-bond donors (Lipinski definition) is 1. The van der Waals surface area contributed by atoms with Gasteiger partial charge in [-0.3, -0.25) is 10.1 Å². The lowest BCUT2D eigenvalue weighted by Crippen LogP contribution is -2.16. The first kappa shape index (κ1) is 19.2. The molecule has 0 aromatic heterocycles. The third-order valence-corrected chi connectivity index (χ3v) is 5.17. The lowest BCUT2D eigenvalue weighted by molar-refractivity contribution is -0.385. The van der Waals surface area contributed by atoms with Gasteiger partial charge in [-0.1, -0.05) is 54.1 Å². The molecule has 0 spiro atoms. The number of nitro benzene ring substituents is 1. The molecule has 0 atom stereocenters. The Labute approximate surface area is 162 Å². The molecular weight excluding hydrogens is 378 g/mol. The Morgan fingerprint density at radius 1 is 0.964 bits per heavy atom. The summed E-state index contributed by atoms with van der Waals surface area (Å²) < 4.78 is 29.5. The highest BCUT2D eigenvalue weighted by Gasteiger charge is 2.19. The number of nitrogens with zero attached hydrogens (tertiary/aromatic N) is 2. The van der Waals surface area contributed by atoms with Gasteiger partial charge >= 0.3 is 0 Å². The van der Waals surface area contributed by atoms with Crippen LogP contribution in [0.15, 0.2) is 88.2 Å². The van der Waals surface area contributed by atoms with Crippen molar-refractivity contribution in [2.45, 2.75) is 11.8 Å². The average Bonchev–Trinajstić information content (AvgIpc) is 2.69. The molecule has 0 amide bonds. The Morgan fingerprint density at radius 3 is 2.29 bits per heavy atom. The van der Waals surface area contributed by atoms with E-state index in [0.29, 0.717) is 11.3 Å². The van der Waals surface area contributed by atoms with E-state index in [9.17, 15) is 18.5 Å². The zero-order valence-corrected chi connectivity index (χ0v) is 15.8. The number of sulfonamides is 1. The summed E-state index contributed by atoms with van der Waals surface area (Å²) in [5, 5.41) is 14.0. The number of amidine groups is 1. The van der Waals surface area contributed by atoms with E-state index in [0.717, 1.165) is 11.6 Å². The topological polar surface area (TPSA) is 102 Å². The molecule has 0 aliphatic heterocycles. The highest BCUT2D eigenvalue weighted by Crippen LogP contribution is 2.20. The second-order valence-corrected chi connectivity index (χ2v) is 7.63. The van der Waals surface area contributed by atoms with Crippen LogP contribution in [0, 0.1) is 17.0 Å². The molecule has 3 aromatic carbocycles. The summed E-state index contributed by atoms with van der Waals surface area (Å²) >= 11 is 0. The molecule has 0 unspecified atom stereocenters. The fraction of sp³-hybridized carbons (Fsp3) is 0.0500. The van der Waals surface area contributed by atoms with Gasteiger partial charge in [-0.2, -0.15) is 8.42 Å². The van der Waals surface area contributed by atoms with Crippen molar-refractivity contribution in [2.75, 3.05) is 5.32 Å². The zero-order valence-electron chi connectivity index (χ0n) is 14.9. The molecule has 0 saturated heterocycles. The summed E-state index contributed by atoms with van der Waals surface area (Å²) in [6.07, 6.45) is 0. The van der Waals surface area contributed by atoms with Gasteiger partial charge in [-0.15, -0.1) is 4.40 Å². The number of anilines is 1. The average molecular weight is 395 g/mol. The molecule has 0 radical (unpaired) electrons.